The Morgan fingerprint density at radius 2 is 2.09 bits per heavy atom. The third kappa shape index (κ3) is 1.42. The second-order valence-electron chi connectivity index (χ2n) is 4.01. The van der Waals surface area contributed by atoms with Crippen molar-refractivity contribution < 1.29 is 4.74 Å². The van der Waals surface area contributed by atoms with Gasteiger partial charge in [-0.15, -0.1) is 0 Å². The molecule has 0 aromatic rings. The molecule has 0 spiro atoms. The van der Waals surface area contributed by atoms with Crippen LogP contribution < -0.4 is 0 Å². The van der Waals surface area contributed by atoms with Crippen LogP contribution in [0.3, 0.4) is 0 Å². The predicted octanol–water partition coefficient (Wildman–Crippen LogP) is 0.973. The van der Waals surface area contributed by atoms with E-state index in [4.69, 9.17) is 4.74 Å². The zero-order valence-electron chi connectivity index (χ0n) is 7.42. The Balaban J connectivity index is 1.77. The second kappa shape index (κ2) is 2.76. The van der Waals surface area contributed by atoms with Crippen LogP contribution >= 0.6 is 0 Å². The minimum atomic E-state index is 0.632. The van der Waals surface area contributed by atoms with E-state index in [0.29, 0.717) is 6.04 Å². The molecule has 0 bridgehead atoms. The summed E-state index contributed by atoms with van der Waals surface area (Å²) < 4.78 is 5.12. The first-order valence-electron chi connectivity index (χ1n) is 4.54. The van der Waals surface area contributed by atoms with Gasteiger partial charge in [0.25, 0.3) is 0 Å². The maximum absolute atomic E-state index is 5.12. The quantitative estimate of drug-likeness (QED) is 0.602. The average molecular weight is 155 g/mol. The van der Waals surface area contributed by atoms with Crippen LogP contribution in [0.2, 0.25) is 0 Å². The zero-order chi connectivity index (χ0) is 7.84. The lowest BCUT2D eigenvalue weighted by Crippen LogP contribution is -2.35. The lowest BCUT2D eigenvalue weighted by Gasteiger charge is -2.24. The number of fused-ring (bicyclic) bond motifs is 1. The van der Waals surface area contributed by atoms with Crippen molar-refractivity contribution in [2.24, 2.45) is 11.8 Å². The number of ether oxygens (including phenoxy) is 1. The van der Waals surface area contributed by atoms with Crippen LogP contribution in [0.1, 0.15) is 13.3 Å². The molecule has 1 heterocycles. The molecule has 2 rings (SSSR count). The Morgan fingerprint density at radius 1 is 1.45 bits per heavy atom. The van der Waals surface area contributed by atoms with Crippen LogP contribution in [-0.4, -0.2) is 37.7 Å². The molecule has 0 radical (unpaired) electrons. The van der Waals surface area contributed by atoms with Gasteiger partial charge >= 0.3 is 0 Å². The molecule has 2 fully saturated rings. The highest BCUT2D eigenvalue weighted by Crippen LogP contribution is 2.45. The molecule has 0 amide bonds. The van der Waals surface area contributed by atoms with E-state index in [1.807, 2.05) is 0 Å². The van der Waals surface area contributed by atoms with Crippen molar-refractivity contribution in [2.75, 3.05) is 26.8 Å². The molecule has 0 aromatic carbocycles. The van der Waals surface area contributed by atoms with E-state index in [1.165, 1.54) is 19.5 Å². The number of piperidine rings is 1. The first kappa shape index (κ1) is 7.56. The molecule has 0 aromatic heterocycles. The monoisotopic (exact) mass is 155 g/mol. The Labute approximate surface area is 68.5 Å². The van der Waals surface area contributed by atoms with E-state index in [1.54, 1.807) is 7.11 Å². The number of nitrogens with zero attached hydrogens (tertiary/aromatic N) is 1. The number of hydrogen-bond donors (Lipinski definition) is 0. The summed E-state index contributed by atoms with van der Waals surface area (Å²) in [6, 6.07) is 0.632. The third-order valence-electron chi connectivity index (χ3n) is 3.04. The smallest absolute Gasteiger partial charge is 0.0615 e. The van der Waals surface area contributed by atoms with Crippen LogP contribution in [0.4, 0.5) is 0 Å². The molecule has 11 heavy (non-hydrogen) atoms. The second-order valence-corrected chi connectivity index (χ2v) is 4.01. The number of rotatable bonds is 3. The van der Waals surface area contributed by atoms with Crippen LogP contribution in [0.5, 0.6) is 0 Å². The van der Waals surface area contributed by atoms with Gasteiger partial charge < -0.3 is 4.74 Å². The summed E-state index contributed by atoms with van der Waals surface area (Å²) in [6.45, 7) is 5.80. The Bertz CT molecular complexity index is 138. The van der Waals surface area contributed by atoms with Crippen LogP contribution in [0, 0.1) is 11.8 Å². The standard InChI is InChI=1S/C9H17NO/c1-7(6-11-2)10-4-8-3-9(8)5-10/h7-9H,3-6H2,1-2H3. The summed E-state index contributed by atoms with van der Waals surface area (Å²) in [5, 5.41) is 0. The van der Waals surface area contributed by atoms with Crippen molar-refractivity contribution in [1.82, 2.24) is 4.90 Å². The van der Waals surface area contributed by atoms with Gasteiger partial charge in [-0.2, -0.15) is 0 Å². The first-order valence-corrected chi connectivity index (χ1v) is 4.54. The Kier molecular flexibility index (Phi) is 1.90. The summed E-state index contributed by atoms with van der Waals surface area (Å²) in [5.41, 5.74) is 0. The lowest BCUT2D eigenvalue weighted by molar-refractivity contribution is 0.107. The summed E-state index contributed by atoms with van der Waals surface area (Å²) >= 11 is 0. The van der Waals surface area contributed by atoms with Gasteiger partial charge in [0.05, 0.1) is 6.61 Å². The van der Waals surface area contributed by atoms with Gasteiger partial charge in [-0.05, 0) is 25.2 Å². The summed E-state index contributed by atoms with van der Waals surface area (Å²) in [5.74, 6) is 2.10. The molecule has 0 N–H and O–H groups in total. The highest BCUT2D eigenvalue weighted by Gasteiger charge is 2.45. The van der Waals surface area contributed by atoms with Crippen molar-refractivity contribution in [3.63, 3.8) is 0 Å². The fraction of sp³-hybridized carbons (Fsp3) is 1.00. The van der Waals surface area contributed by atoms with E-state index < -0.39 is 0 Å². The summed E-state index contributed by atoms with van der Waals surface area (Å²) in [7, 11) is 1.79. The normalized spacial score (nSPS) is 38.7. The highest BCUT2D eigenvalue weighted by molar-refractivity contribution is 4.98. The van der Waals surface area contributed by atoms with Crippen LogP contribution in [0.15, 0.2) is 0 Å². The van der Waals surface area contributed by atoms with Crippen molar-refractivity contribution in [2.45, 2.75) is 19.4 Å². The lowest BCUT2D eigenvalue weighted by atomic mass is 10.3. The molecule has 1 saturated heterocycles. The number of hydrogen-bond acceptors (Lipinski definition) is 2. The topological polar surface area (TPSA) is 12.5 Å². The number of likely N-dealkylation sites (tertiary alicyclic amines) is 1. The first-order chi connectivity index (χ1) is 5.31. The Hall–Kier alpha value is -0.0800. The third-order valence-corrected chi connectivity index (χ3v) is 3.04. The average Bonchev–Trinajstić information content (AvgIpc) is 2.59. The van der Waals surface area contributed by atoms with Gasteiger partial charge in [0.15, 0.2) is 0 Å². The molecule has 2 aliphatic rings. The number of methoxy groups -OCH3 is 1. The fourth-order valence-corrected chi connectivity index (χ4v) is 2.14. The van der Waals surface area contributed by atoms with E-state index in [-0.39, 0.29) is 0 Å². The van der Waals surface area contributed by atoms with Gasteiger partial charge in [0.1, 0.15) is 0 Å². The van der Waals surface area contributed by atoms with Gasteiger partial charge in [-0.1, -0.05) is 0 Å². The van der Waals surface area contributed by atoms with E-state index in [9.17, 15) is 0 Å². The largest absolute Gasteiger partial charge is 0.383 e. The molecule has 1 aliphatic heterocycles. The molecular formula is C9H17NO. The highest BCUT2D eigenvalue weighted by atomic mass is 16.5. The predicted molar refractivity (Wildman–Crippen MR) is 44.5 cm³/mol. The van der Waals surface area contributed by atoms with Gasteiger partial charge in [0, 0.05) is 26.2 Å². The fourth-order valence-electron chi connectivity index (χ4n) is 2.14. The summed E-state index contributed by atoms with van der Waals surface area (Å²) in [6.07, 6.45) is 1.50. The van der Waals surface area contributed by atoms with Crippen LogP contribution in [0.25, 0.3) is 0 Å². The molecule has 3 unspecified atom stereocenters. The molecular weight excluding hydrogens is 138 g/mol. The van der Waals surface area contributed by atoms with Gasteiger partial charge in [-0.3, -0.25) is 4.90 Å². The molecule has 1 saturated carbocycles. The molecule has 2 heteroatoms. The van der Waals surface area contributed by atoms with Crippen molar-refractivity contribution >= 4 is 0 Å². The maximum atomic E-state index is 5.12. The Morgan fingerprint density at radius 3 is 2.64 bits per heavy atom. The maximum Gasteiger partial charge on any atom is 0.0615 e. The zero-order valence-corrected chi connectivity index (χ0v) is 7.42. The molecule has 64 valence electrons. The van der Waals surface area contributed by atoms with E-state index in [2.05, 4.69) is 11.8 Å². The van der Waals surface area contributed by atoms with Gasteiger partial charge in [0.2, 0.25) is 0 Å². The van der Waals surface area contributed by atoms with Gasteiger partial charge in [-0.25, -0.2) is 0 Å². The molecule has 2 nitrogen and oxygen atoms in total. The minimum absolute atomic E-state index is 0.632. The van der Waals surface area contributed by atoms with Crippen molar-refractivity contribution in [3.8, 4) is 0 Å². The summed E-state index contributed by atoms with van der Waals surface area (Å²) in [4.78, 5) is 2.56. The van der Waals surface area contributed by atoms with Crippen molar-refractivity contribution in [1.29, 1.82) is 0 Å². The van der Waals surface area contributed by atoms with Crippen LogP contribution in [-0.2, 0) is 4.74 Å². The molecule has 1 aliphatic carbocycles. The minimum Gasteiger partial charge on any atom is -0.383 e. The van der Waals surface area contributed by atoms with Crippen molar-refractivity contribution in [3.05, 3.63) is 0 Å². The molecule has 3 atom stereocenters. The van der Waals surface area contributed by atoms with E-state index in [0.717, 1.165) is 18.4 Å². The van der Waals surface area contributed by atoms with E-state index >= 15 is 0 Å². The SMILES string of the molecule is COCC(C)N1CC2CC2C1.